The molecular weight excluding hydrogens is 430 g/mol. The van der Waals surface area contributed by atoms with Crippen LogP contribution in [0.2, 0.25) is 5.02 Å². The van der Waals surface area contributed by atoms with Crippen molar-refractivity contribution in [1.82, 2.24) is 24.5 Å². The number of halogens is 1. The van der Waals surface area contributed by atoms with Gasteiger partial charge in [-0.1, -0.05) is 29.8 Å². The van der Waals surface area contributed by atoms with Crippen LogP contribution in [0, 0.1) is 0 Å². The maximum Gasteiger partial charge on any atom is 0.225 e. The monoisotopic (exact) mass is 445 g/mol. The van der Waals surface area contributed by atoms with Crippen LogP contribution in [-0.2, 0) is 7.05 Å². The Bertz CT molecular complexity index is 1300. The SMILES string of the molecule is Cn1c(-c2ccccn2)nc(-c2ccc(-c3ncco3)cc2)c1Sc1ccc(Cl)cn1. The lowest BCUT2D eigenvalue weighted by molar-refractivity contribution is 0.574. The molecule has 0 unspecified atom stereocenters. The Morgan fingerprint density at radius 2 is 1.74 bits per heavy atom. The Balaban J connectivity index is 1.60. The summed E-state index contributed by atoms with van der Waals surface area (Å²) in [5.41, 5.74) is 3.54. The minimum Gasteiger partial charge on any atom is -0.445 e. The number of hydrogen-bond donors (Lipinski definition) is 0. The zero-order chi connectivity index (χ0) is 21.2. The van der Waals surface area contributed by atoms with Gasteiger partial charge in [-0.25, -0.2) is 15.0 Å². The van der Waals surface area contributed by atoms with Crippen LogP contribution < -0.4 is 0 Å². The fraction of sp³-hybridized carbons (Fsp3) is 0.0435. The maximum atomic E-state index is 6.00. The topological polar surface area (TPSA) is 69.6 Å². The fourth-order valence-electron chi connectivity index (χ4n) is 3.17. The molecule has 0 fully saturated rings. The van der Waals surface area contributed by atoms with E-state index in [1.165, 1.54) is 11.8 Å². The van der Waals surface area contributed by atoms with E-state index < -0.39 is 0 Å². The van der Waals surface area contributed by atoms with Crippen LogP contribution >= 0.6 is 23.4 Å². The van der Waals surface area contributed by atoms with Crippen molar-refractivity contribution in [2.75, 3.05) is 0 Å². The molecule has 0 radical (unpaired) electrons. The van der Waals surface area contributed by atoms with E-state index in [2.05, 4.69) is 15.0 Å². The number of rotatable bonds is 5. The molecule has 0 saturated heterocycles. The van der Waals surface area contributed by atoms with E-state index in [1.807, 2.05) is 66.2 Å². The van der Waals surface area contributed by atoms with E-state index in [9.17, 15) is 0 Å². The van der Waals surface area contributed by atoms with Gasteiger partial charge in [0, 0.05) is 30.6 Å². The summed E-state index contributed by atoms with van der Waals surface area (Å²) < 4.78 is 7.44. The number of oxazole rings is 1. The van der Waals surface area contributed by atoms with Gasteiger partial charge < -0.3 is 8.98 Å². The molecule has 0 bridgehead atoms. The Morgan fingerprint density at radius 3 is 2.42 bits per heavy atom. The van der Waals surface area contributed by atoms with Gasteiger partial charge in [0.1, 0.15) is 27.7 Å². The second-order valence-corrected chi connectivity index (χ2v) is 8.14. The highest BCUT2D eigenvalue weighted by Crippen LogP contribution is 2.38. The second-order valence-electron chi connectivity index (χ2n) is 6.69. The van der Waals surface area contributed by atoms with Gasteiger partial charge in [0.2, 0.25) is 5.89 Å². The van der Waals surface area contributed by atoms with Crippen molar-refractivity contribution in [3.8, 4) is 34.2 Å². The summed E-state index contributed by atoms with van der Waals surface area (Å²) in [4.78, 5) is 18.1. The van der Waals surface area contributed by atoms with E-state index in [0.29, 0.717) is 10.9 Å². The Kier molecular flexibility index (Phi) is 5.28. The molecule has 8 heteroatoms. The number of pyridine rings is 2. The largest absolute Gasteiger partial charge is 0.445 e. The molecule has 5 rings (SSSR count). The van der Waals surface area contributed by atoms with Crippen LogP contribution in [0.25, 0.3) is 34.2 Å². The highest BCUT2D eigenvalue weighted by atomic mass is 35.5. The zero-order valence-corrected chi connectivity index (χ0v) is 18.0. The lowest BCUT2D eigenvalue weighted by Gasteiger charge is -2.07. The number of hydrogen-bond acceptors (Lipinski definition) is 6. The summed E-state index contributed by atoms with van der Waals surface area (Å²) >= 11 is 7.54. The van der Waals surface area contributed by atoms with E-state index in [-0.39, 0.29) is 0 Å². The summed E-state index contributed by atoms with van der Waals surface area (Å²) in [5.74, 6) is 1.37. The van der Waals surface area contributed by atoms with Crippen LogP contribution in [-0.4, -0.2) is 24.5 Å². The predicted octanol–water partition coefficient (Wildman–Crippen LogP) is 6.00. The minimum absolute atomic E-state index is 0.585. The van der Waals surface area contributed by atoms with Gasteiger partial charge in [-0.2, -0.15) is 0 Å². The van der Waals surface area contributed by atoms with Crippen molar-refractivity contribution in [1.29, 1.82) is 0 Å². The highest BCUT2D eigenvalue weighted by molar-refractivity contribution is 7.99. The second kappa shape index (κ2) is 8.37. The molecule has 0 spiro atoms. The van der Waals surface area contributed by atoms with E-state index in [1.54, 1.807) is 24.9 Å². The van der Waals surface area contributed by atoms with E-state index >= 15 is 0 Å². The lowest BCUT2D eigenvalue weighted by Crippen LogP contribution is -1.96. The van der Waals surface area contributed by atoms with Gasteiger partial charge >= 0.3 is 0 Å². The van der Waals surface area contributed by atoms with Gasteiger partial charge in [-0.05, 0) is 48.2 Å². The first kappa shape index (κ1) is 19.5. The summed E-state index contributed by atoms with van der Waals surface area (Å²) in [5, 5.41) is 2.39. The van der Waals surface area contributed by atoms with Gasteiger partial charge in [0.25, 0.3) is 0 Å². The summed E-state index contributed by atoms with van der Waals surface area (Å²) in [6, 6.07) is 17.5. The third-order valence-electron chi connectivity index (χ3n) is 4.68. The molecule has 0 N–H and O–H groups in total. The Hall–Kier alpha value is -3.42. The third kappa shape index (κ3) is 3.97. The van der Waals surface area contributed by atoms with Crippen LogP contribution in [0.5, 0.6) is 0 Å². The summed E-state index contributed by atoms with van der Waals surface area (Å²) in [6.07, 6.45) is 6.61. The van der Waals surface area contributed by atoms with E-state index in [4.69, 9.17) is 21.0 Å². The quantitative estimate of drug-likeness (QED) is 0.330. The smallest absolute Gasteiger partial charge is 0.225 e. The predicted molar refractivity (Wildman–Crippen MR) is 121 cm³/mol. The molecule has 0 aliphatic rings. The minimum atomic E-state index is 0.585. The molecule has 152 valence electrons. The molecule has 0 atom stereocenters. The maximum absolute atomic E-state index is 6.00. The van der Waals surface area contributed by atoms with Crippen molar-refractivity contribution in [3.05, 3.63) is 84.5 Å². The van der Waals surface area contributed by atoms with Crippen molar-refractivity contribution in [2.24, 2.45) is 7.05 Å². The Labute approximate surface area is 188 Å². The Morgan fingerprint density at radius 1 is 0.903 bits per heavy atom. The molecule has 0 aliphatic heterocycles. The van der Waals surface area contributed by atoms with Gasteiger partial charge in [0.05, 0.1) is 11.2 Å². The number of benzene rings is 1. The molecule has 0 saturated carbocycles. The summed E-state index contributed by atoms with van der Waals surface area (Å²) in [6.45, 7) is 0. The van der Waals surface area contributed by atoms with Gasteiger partial charge in [-0.3, -0.25) is 4.98 Å². The molecular formula is C23H16ClN5OS. The van der Waals surface area contributed by atoms with Crippen molar-refractivity contribution in [2.45, 2.75) is 10.1 Å². The molecule has 6 nitrogen and oxygen atoms in total. The van der Waals surface area contributed by atoms with Crippen LogP contribution in [0.15, 0.2) is 93.9 Å². The zero-order valence-electron chi connectivity index (χ0n) is 16.4. The van der Waals surface area contributed by atoms with E-state index in [0.717, 1.165) is 38.4 Å². The third-order valence-corrected chi connectivity index (χ3v) is 6.01. The first-order valence-corrected chi connectivity index (χ1v) is 10.7. The molecule has 4 aromatic heterocycles. The number of aromatic nitrogens is 5. The lowest BCUT2D eigenvalue weighted by atomic mass is 10.1. The number of imidazole rings is 1. The molecule has 31 heavy (non-hydrogen) atoms. The fourth-order valence-corrected chi connectivity index (χ4v) is 4.21. The van der Waals surface area contributed by atoms with Crippen LogP contribution in [0.3, 0.4) is 0 Å². The van der Waals surface area contributed by atoms with Crippen molar-refractivity contribution < 1.29 is 4.42 Å². The summed E-state index contributed by atoms with van der Waals surface area (Å²) in [7, 11) is 1.99. The first-order chi connectivity index (χ1) is 15.2. The van der Waals surface area contributed by atoms with Crippen molar-refractivity contribution in [3.63, 3.8) is 0 Å². The average molecular weight is 446 g/mol. The highest BCUT2D eigenvalue weighted by Gasteiger charge is 2.20. The normalized spacial score (nSPS) is 11.0. The van der Waals surface area contributed by atoms with Gasteiger partial charge in [-0.15, -0.1) is 0 Å². The van der Waals surface area contributed by atoms with Crippen LogP contribution in [0.4, 0.5) is 0 Å². The molecule has 0 amide bonds. The van der Waals surface area contributed by atoms with Gasteiger partial charge in [0.15, 0.2) is 5.82 Å². The van der Waals surface area contributed by atoms with Crippen LogP contribution in [0.1, 0.15) is 0 Å². The molecule has 1 aromatic carbocycles. The first-order valence-electron chi connectivity index (χ1n) is 9.47. The number of nitrogens with zero attached hydrogens (tertiary/aromatic N) is 5. The molecule has 5 aromatic rings. The molecule has 0 aliphatic carbocycles. The standard InChI is InChI=1S/C23H16ClN5OS/c1-29-21(18-4-2-3-11-25-18)28-20(23(29)31-19-10-9-17(24)14-27-19)15-5-7-16(8-6-15)22-26-12-13-30-22/h2-14H,1H3. The molecule has 4 heterocycles. The van der Waals surface area contributed by atoms with Crippen molar-refractivity contribution >= 4 is 23.4 Å². The average Bonchev–Trinajstić information content (AvgIpc) is 3.45.